The Balaban J connectivity index is 0.00000225. The standard InChI is InChI=1S/C17H30N6O.HI/c1-22-9-3-5-13(16(22)15-7-8-21-23(15)2)11-19-17(18)20-12-14-6-4-10-24-14;/h7-8,13-14,16H,3-6,9-12H2,1-2H3,(H3,18,19,20);1H/t13-,14?,16+;/m0./s1. The normalized spacial score (nSPS) is 27.9. The van der Waals surface area contributed by atoms with Gasteiger partial charge in [-0.25, -0.2) is 0 Å². The van der Waals surface area contributed by atoms with Crippen molar-refractivity contribution in [1.29, 1.82) is 0 Å². The number of hydrogen-bond acceptors (Lipinski definition) is 4. The Bertz CT molecular complexity index is 557. The molecule has 2 fully saturated rings. The third-order valence-electron chi connectivity index (χ3n) is 5.20. The number of hydrogen-bond donors (Lipinski definition) is 2. The van der Waals surface area contributed by atoms with E-state index in [2.05, 4.69) is 33.4 Å². The molecule has 0 aromatic carbocycles. The van der Waals surface area contributed by atoms with Crippen LogP contribution in [0.1, 0.15) is 37.4 Å². The van der Waals surface area contributed by atoms with E-state index in [1.165, 1.54) is 18.5 Å². The second-order valence-electron chi connectivity index (χ2n) is 6.95. The van der Waals surface area contributed by atoms with Crippen molar-refractivity contribution in [1.82, 2.24) is 20.0 Å². The summed E-state index contributed by atoms with van der Waals surface area (Å²) in [4.78, 5) is 7.02. The molecule has 0 spiro atoms. The second-order valence-corrected chi connectivity index (χ2v) is 6.95. The molecule has 3 N–H and O–H groups in total. The first kappa shape index (κ1) is 20.4. The lowest BCUT2D eigenvalue weighted by atomic mass is 9.87. The Hall–Kier alpha value is -0.870. The Kier molecular flexibility index (Phi) is 7.95. The van der Waals surface area contributed by atoms with E-state index in [9.17, 15) is 0 Å². The fourth-order valence-electron chi connectivity index (χ4n) is 3.89. The van der Waals surface area contributed by atoms with Gasteiger partial charge < -0.3 is 15.8 Å². The summed E-state index contributed by atoms with van der Waals surface area (Å²) in [6, 6.07) is 2.46. The van der Waals surface area contributed by atoms with Crippen LogP contribution >= 0.6 is 24.0 Å². The van der Waals surface area contributed by atoms with Crippen molar-refractivity contribution in [3.8, 4) is 0 Å². The monoisotopic (exact) mass is 462 g/mol. The highest BCUT2D eigenvalue weighted by molar-refractivity contribution is 14.0. The molecule has 25 heavy (non-hydrogen) atoms. The third-order valence-corrected chi connectivity index (χ3v) is 5.20. The van der Waals surface area contributed by atoms with Crippen molar-refractivity contribution in [2.45, 2.75) is 37.8 Å². The number of aromatic nitrogens is 2. The van der Waals surface area contributed by atoms with Crippen LogP contribution < -0.4 is 11.1 Å². The Morgan fingerprint density at radius 2 is 2.24 bits per heavy atom. The third kappa shape index (κ3) is 5.30. The molecular formula is C17H31IN6O. The zero-order valence-electron chi connectivity index (χ0n) is 15.2. The van der Waals surface area contributed by atoms with Crippen molar-refractivity contribution < 1.29 is 4.74 Å². The van der Waals surface area contributed by atoms with Gasteiger partial charge in [-0.1, -0.05) is 0 Å². The van der Waals surface area contributed by atoms with Crippen LogP contribution in [0.3, 0.4) is 0 Å². The molecule has 0 radical (unpaired) electrons. The number of ether oxygens (including phenoxy) is 1. The maximum atomic E-state index is 6.05. The minimum atomic E-state index is 0. The lowest BCUT2D eigenvalue weighted by Crippen LogP contribution is -2.40. The first-order valence-electron chi connectivity index (χ1n) is 8.98. The quantitative estimate of drug-likeness (QED) is 0.394. The highest BCUT2D eigenvalue weighted by atomic mass is 127. The number of aliphatic imine (C=N–C) groups is 1. The van der Waals surface area contributed by atoms with Crippen LogP contribution in [0.4, 0.5) is 0 Å². The summed E-state index contributed by atoms with van der Waals surface area (Å²) in [7, 11) is 4.20. The fourth-order valence-corrected chi connectivity index (χ4v) is 3.89. The van der Waals surface area contributed by atoms with Gasteiger partial charge in [0.1, 0.15) is 0 Å². The molecule has 1 aromatic rings. The van der Waals surface area contributed by atoms with Gasteiger partial charge in [0.2, 0.25) is 0 Å². The predicted octanol–water partition coefficient (Wildman–Crippen LogP) is 1.50. The molecule has 3 atom stereocenters. The average molecular weight is 462 g/mol. The van der Waals surface area contributed by atoms with E-state index < -0.39 is 0 Å². The van der Waals surface area contributed by atoms with Crippen molar-refractivity contribution in [2.75, 3.05) is 33.3 Å². The predicted molar refractivity (Wildman–Crippen MR) is 110 cm³/mol. The summed E-state index contributed by atoms with van der Waals surface area (Å²) in [5.41, 5.74) is 7.30. The highest BCUT2D eigenvalue weighted by Crippen LogP contribution is 2.34. The molecule has 142 valence electrons. The topological polar surface area (TPSA) is 80.7 Å². The van der Waals surface area contributed by atoms with E-state index in [-0.39, 0.29) is 30.1 Å². The number of aryl methyl sites for hydroxylation is 1. The Morgan fingerprint density at radius 1 is 1.40 bits per heavy atom. The van der Waals surface area contributed by atoms with Crippen LogP contribution in [-0.2, 0) is 11.8 Å². The SMILES string of the molecule is CN1CCC[C@@H](CN=C(N)NCC2CCCO2)[C@@H]1c1ccnn1C.I. The number of rotatable bonds is 5. The molecule has 3 heterocycles. The van der Waals surface area contributed by atoms with Crippen LogP contribution in [0.2, 0.25) is 0 Å². The zero-order chi connectivity index (χ0) is 16.9. The smallest absolute Gasteiger partial charge is 0.188 e. The first-order valence-corrected chi connectivity index (χ1v) is 8.98. The van der Waals surface area contributed by atoms with Gasteiger partial charge in [-0.2, -0.15) is 5.10 Å². The summed E-state index contributed by atoms with van der Waals surface area (Å²) in [5.74, 6) is 0.990. The maximum absolute atomic E-state index is 6.05. The van der Waals surface area contributed by atoms with E-state index >= 15 is 0 Å². The van der Waals surface area contributed by atoms with Gasteiger partial charge in [-0.15, -0.1) is 24.0 Å². The van der Waals surface area contributed by atoms with Crippen LogP contribution in [0.15, 0.2) is 17.3 Å². The summed E-state index contributed by atoms with van der Waals surface area (Å²) in [6.07, 6.45) is 6.77. The summed E-state index contributed by atoms with van der Waals surface area (Å²) >= 11 is 0. The largest absolute Gasteiger partial charge is 0.376 e. The molecule has 1 unspecified atom stereocenters. The van der Waals surface area contributed by atoms with Gasteiger partial charge in [0, 0.05) is 32.9 Å². The van der Waals surface area contributed by atoms with Crippen molar-refractivity contribution >= 4 is 29.9 Å². The number of piperidine rings is 1. The van der Waals surface area contributed by atoms with E-state index in [1.807, 2.05) is 17.9 Å². The Morgan fingerprint density at radius 3 is 2.92 bits per heavy atom. The molecule has 8 heteroatoms. The van der Waals surface area contributed by atoms with Gasteiger partial charge in [0.25, 0.3) is 0 Å². The number of nitrogens with one attached hydrogen (secondary N) is 1. The van der Waals surface area contributed by atoms with Gasteiger partial charge in [-0.05, 0) is 51.3 Å². The first-order chi connectivity index (χ1) is 11.6. The van der Waals surface area contributed by atoms with Gasteiger partial charge in [-0.3, -0.25) is 14.6 Å². The molecule has 0 aliphatic carbocycles. The molecule has 0 bridgehead atoms. The van der Waals surface area contributed by atoms with Crippen LogP contribution in [0.25, 0.3) is 0 Å². The highest BCUT2D eigenvalue weighted by Gasteiger charge is 2.32. The lowest BCUT2D eigenvalue weighted by molar-refractivity contribution is 0.113. The van der Waals surface area contributed by atoms with Crippen molar-refractivity contribution in [3.05, 3.63) is 18.0 Å². The molecule has 2 saturated heterocycles. The summed E-state index contributed by atoms with van der Waals surface area (Å²) in [5, 5.41) is 7.54. The van der Waals surface area contributed by atoms with Crippen LogP contribution in [-0.4, -0.2) is 60.0 Å². The minimum Gasteiger partial charge on any atom is -0.376 e. The van der Waals surface area contributed by atoms with Gasteiger partial charge in [0.05, 0.1) is 17.8 Å². The van der Waals surface area contributed by atoms with Crippen LogP contribution in [0.5, 0.6) is 0 Å². The molecular weight excluding hydrogens is 431 g/mol. The number of likely N-dealkylation sites (tertiary alicyclic amines) is 1. The number of guanidine groups is 1. The van der Waals surface area contributed by atoms with E-state index in [4.69, 9.17) is 10.5 Å². The molecule has 3 rings (SSSR count). The van der Waals surface area contributed by atoms with E-state index in [0.717, 1.165) is 39.1 Å². The molecule has 0 saturated carbocycles. The van der Waals surface area contributed by atoms with Crippen molar-refractivity contribution in [3.63, 3.8) is 0 Å². The average Bonchev–Trinajstić information content (AvgIpc) is 3.23. The number of nitrogens with zero attached hydrogens (tertiary/aromatic N) is 4. The van der Waals surface area contributed by atoms with Crippen LogP contribution in [0, 0.1) is 5.92 Å². The van der Waals surface area contributed by atoms with E-state index in [1.54, 1.807) is 0 Å². The summed E-state index contributed by atoms with van der Waals surface area (Å²) < 4.78 is 7.58. The molecule has 0 amide bonds. The maximum Gasteiger partial charge on any atom is 0.188 e. The number of halogens is 1. The molecule has 1 aromatic heterocycles. The van der Waals surface area contributed by atoms with Gasteiger partial charge >= 0.3 is 0 Å². The lowest BCUT2D eigenvalue weighted by Gasteiger charge is -2.38. The minimum absolute atomic E-state index is 0. The van der Waals surface area contributed by atoms with Gasteiger partial charge in [0.15, 0.2) is 5.96 Å². The zero-order valence-corrected chi connectivity index (χ0v) is 17.6. The second kappa shape index (κ2) is 9.72. The number of nitrogens with two attached hydrogens (primary N) is 1. The Labute approximate surface area is 167 Å². The fraction of sp³-hybridized carbons (Fsp3) is 0.765. The summed E-state index contributed by atoms with van der Waals surface area (Å²) in [6.45, 7) is 3.47. The molecule has 7 nitrogen and oxygen atoms in total. The van der Waals surface area contributed by atoms with E-state index in [0.29, 0.717) is 17.9 Å². The van der Waals surface area contributed by atoms with Crippen molar-refractivity contribution in [2.24, 2.45) is 23.7 Å². The molecule has 2 aliphatic heterocycles. The molecule has 2 aliphatic rings.